The molecule has 0 saturated carbocycles. The van der Waals surface area contributed by atoms with Gasteiger partial charge in [-0.3, -0.25) is 14.9 Å². The highest BCUT2D eigenvalue weighted by atomic mass is 16.6. The molecule has 0 aromatic heterocycles. The lowest BCUT2D eigenvalue weighted by Gasteiger charge is -2.24. The van der Waals surface area contributed by atoms with Crippen molar-refractivity contribution in [1.82, 2.24) is 0 Å². The second-order valence-electron chi connectivity index (χ2n) is 6.61. The smallest absolute Gasteiger partial charge is 0.269 e. The number of morpholine rings is 1. The average molecular weight is 383 g/mol. The Morgan fingerprint density at radius 1 is 1.21 bits per heavy atom. The van der Waals surface area contributed by atoms with E-state index in [1.165, 1.54) is 23.1 Å². The zero-order valence-electron chi connectivity index (χ0n) is 15.7. The Labute approximate surface area is 163 Å². The molecule has 1 heterocycles. The lowest BCUT2D eigenvalue weighted by molar-refractivity contribution is -0.921. The van der Waals surface area contributed by atoms with Gasteiger partial charge in [0.2, 0.25) is 0 Å². The summed E-state index contributed by atoms with van der Waals surface area (Å²) in [4.78, 5) is 24.2. The molecule has 3 rings (SSSR count). The van der Waals surface area contributed by atoms with Crippen LogP contribution in [0.15, 0.2) is 48.5 Å². The molecule has 0 bridgehead atoms. The van der Waals surface area contributed by atoms with E-state index in [2.05, 4.69) is 0 Å². The Balaban J connectivity index is 1.73. The maximum atomic E-state index is 12.6. The molecule has 2 aromatic carbocycles. The number of rotatable bonds is 7. The number of methoxy groups -OCH3 is 1. The number of carbonyl (C=O) groups is 1. The lowest BCUT2D eigenvalue weighted by Crippen LogP contribution is -3.12. The molecule has 7 nitrogen and oxygen atoms in total. The highest BCUT2D eigenvalue weighted by Gasteiger charge is 2.18. The number of carbonyl (C=O) groups excluding carboxylic acids is 1. The van der Waals surface area contributed by atoms with Crippen molar-refractivity contribution in [3.63, 3.8) is 0 Å². The van der Waals surface area contributed by atoms with E-state index in [-0.39, 0.29) is 11.5 Å². The highest BCUT2D eigenvalue weighted by Crippen LogP contribution is 2.20. The fraction of sp³-hybridized carbons (Fsp3) is 0.286. The van der Waals surface area contributed by atoms with Gasteiger partial charge in [-0.15, -0.1) is 0 Å². The van der Waals surface area contributed by atoms with Gasteiger partial charge in [0.25, 0.3) is 5.69 Å². The van der Waals surface area contributed by atoms with Crippen molar-refractivity contribution in [2.45, 2.75) is 6.54 Å². The summed E-state index contributed by atoms with van der Waals surface area (Å²) in [6, 6.07) is 11.5. The summed E-state index contributed by atoms with van der Waals surface area (Å²) < 4.78 is 10.9. The van der Waals surface area contributed by atoms with E-state index >= 15 is 0 Å². The zero-order valence-corrected chi connectivity index (χ0v) is 15.7. The third-order valence-corrected chi connectivity index (χ3v) is 4.74. The predicted molar refractivity (Wildman–Crippen MR) is 105 cm³/mol. The number of ketones is 1. The molecule has 1 aliphatic rings. The van der Waals surface area contributed by atoms with Crippen LogP contribution in [0.1, 0.15) is 21.5 Å². The van der Waals surface area contributed by atoms with Gasteiger partial charge in [0.05, 0.1) is 25.2 Å². The summed E-state index contributed by atoms with van der Waals surface area (Å²) in [5.74, 6) is 0.647. The molecule has 0 atom stereocenters. The molecular formula is C21H23N2O5+. The predicted octanol–water partition coefficient (Wildman–Crippen LogP) is 1.91. The van der Waals surface area contributed by atoms with Crippen LogP contribution in [-0.4, -0.2) is 44.1 Å². The number of allylic oxidation sites excluding steroid dienone is 1. The molecule has 1 fully saturated rings. The van der Waals surface area contributed by atoms with Crippen LogP contribution in [0.2, 0.25) is 0 Å². The Bertz CT molecular complexity index is 871. The van der Waals surface area contributed by atoms with Gasteiger partial charge < -0.3 is 14.4 Å². The number of nitrogens with one attached hydrogen (secondary N) is 1. The monoisotopic (exact) mass is 383 g/mol. The highest BCUT2D eigenvalue weighted by molar-refractivity contribution is 6.07. The number of non-ortho nitro benzene ring substituents is 1. The van der Waals surface area contributed by atoms with Crippen LogP contribution in [0.3, 0.4) is 0 Å². The van der Waals surface area contributed by atoms with Gasteiger partial charge in [-0.2, -0.15) is 0 Å². The van der Waals surface area contributed by atoms with Crippen LogP contribution in [0.4, 0.5) is 5.69 Å². The van der Waals surface area contributed by atoms with Gasteiger partial charge >= 0.3 is 0 Å². The van der Waals surface area contributed by atoms with Crippen molar-refractivity contribution in [2.75, 3.05) is 33.4 Å². The van der Waals surface area contributed by atoms with Crippen molar-refractivity contribution in [3.05, 3.63) is 75.3 Å². The van der Waals surface area contributed by atoms with Crippen molar-refractivity contribution in [3.8, 4) is 5.75 Å². The van der Waals surface area contributed by atoms with Crippen molar-refractivity contribution < 1.29 is 24.1 Å². The van der Waals surface area contributed by atoms with E-state index < -0.39 is 4.92 Å². The third kappa shape index (κ3) is 5.03. The van der Waals surface area contributed by atoms with Crippen LogP contribution in [0, 0.1) is 10.1 Å². The molecule has 7 heteroatoms. The third-order valence-electron chi connectivity index (χ3n) is 4.74. The number of benzene rings is 2. The minimum absolute atomic E-state index is 0.0221. The molecular weight excluding hydrogens is 360 g/mol. The normalized spacial score (nSPS) is 14.9. The van der Waals surface area contributed by atoms with E-state index in [0.29, 0.717) is 5.56 Å². The number of nitro benzene ring substituents is 1. The molecule has 0 unspecified atom stereocenters. The molecule has 1 saturated heterocycles. The molecule has 0 radical (unpaired) electrons. The maximum Gasteiger partial charge on any atom is 0.269 e. The summed E-state index contributed by atoms with van der Waals surface area (Å²) in [7, 11) is 1.63. The van der Waals surface area contributed by atoms with E-state index in [0.717, 1.165) is 49.7 Å². The largest absolute Gasteiger partial charge is 0.496 e. The zero-order chi connectivity index (χ0) is 19.9. The number of quaternary nitrogens is 1. The van der Waals surface area contributed by atoms with Crippen LogP contribution < -0.4 is 9.64 Å². The van der Waals surface area contributed by atoms with E-state index in [4.69, 9.17) is 9.47 Å². The molecule has 2 aromatic rings. The SMILES string of the molecule is COc1ccc(C(=O)/C=C/c2ccc([N+](=O)[O-])cc2)cc1C[NH+]1CCOCC1. The van der Waals surface area contributed by atoms with Gasteiger partial charge in [-0.25, -0.2) is 0 Å². The van der Waals surface area contributed by atoms with Gasteiger partial charge in [-0.05, 0) is 42.0 Å². The van der Waals surface area contributed by atoms with Gasteiger partial charge in [-0.1, -0.05) is 6.08 Å². The number of hydrogen-bond acceptors (Lipinski definition) is 5. The minimum atomic E-state index is -0.450. The first kappa shape index (κ1) is 19.7. The summed E-state index contributed by atoms with van der Waals surface area (Å²) in [5, 5.41) is 10.7. The molecule has 0 spiro atoms. The Morgan fingerprint density at radius 2 is 1.93 bits per heavy atom. The van der Waals surface area contributed by atoms with Crippen molar-refractivity contribution in [1.29, 1.82) is 0 Å². The van der Waals surface area contributed by atoms with Crippen LogP contribution in [0.25, 0.3) is 6.08 Å². The fourth-order valence-corrected chi connectivity index (χ4v) is 3.15. The summed E-state index contributed by atoms with van der Waals surface area (Å²) in [6.07, 6.45) is 3.14. The fourth-order valence-electron chi connectivity index (χ4n) is 3.15. The summed E-state index contributed by atoms with van der Waals surface area (Å²) in [6.45, 7) is 4.13. The lowest BCUT2D eigenvalue weighted by atomic mass is 10.0. The van der Waals surface area contributed by atoms with Gasteiger partial charge in [0.15, 0.2) is 5.78 Å². The van der Waals surface area contributed by atoms with E-state index in [9.17, 15) is 14.9 Å². The quantitative estimate of drug-likeness (QED) is 0.342. The summed E-state index contributed by atoms with van der Waals surface area (Å²) in [5.41, 5.74) is 2.33. The Hall–Kier alpha value is -3.03. The van der Waals surface area contributed by atoms with E-state index in [1.54, 1.807) is 31.4 Å². The number of nitrogens with zero attached hydrogens (tertiary/aromatic N) is 1. The first-order valence-corrected chi connectivity index (χ1v) is 9.12. The second kappa shape index (κ2) is 9.25. The molecule has 0 amide bonds. The molecule has 28 heavy (non-hydrogen) atoms. The van der Waals surface area contributed by atoms with E-state index in [1.807, 2.05) is 12.1 Å². The first-order valence-electron chi connectivity index (χ1n) is 9.12. The van der Waals surface area contributed by atoms with Crippen LogP contribution >= 0.6 is 0 Å². The standard InChI is InChI=1S/C21H22N2O5/c1-27-21-9-5-17(14-18(21)15-22-10-12-28-13-11-22)20(24)8-4-16-2-6-19(7-3-16)23(25)26/h2-9,14H,10-13,15H2,1H3/p+1/b8-4+. The molecule has 146 valence electrons. The summed E-state index contributed by atoms with van der Waals surface area (Å²) >= 11 is 0. The number of nitro groups is 1. The topological polar surface area (TPSA) is 83.1 Å². The van der Waals surface area contributed by atoms with Gasteiger partial charge in [0, 0.05) is 23.3 Å². The Kier molecular flexibility index (Phi) is 6.52. The molecule has 0 aliphatic carbocycles. The second-order valence-corrected chi connectivity index (χ2v) is 6.61. The molecule has 1 N–H and O–H groups in total. The van der Waals surface area contributed by atoms with Crippen molar-refractivity contribution >= 4 is 17.5 Å². The number of hydrogen-bond donors (Lipinski definition) is 1. The van der Waals surface area contributed by atoms with Crippen molar-refractivity contribution in [2.24, 2.45) is 0 Å². The Morgan fingerprint density at radius 3 is 2.57 bits per heavy atom. The van der Waals surface area contributed by atoms with Crippen LogP contribution in [0.5, 0.6) is 5.75 Å². The molecule has 1 aliphatic heterocycles. The average Bonchev–Trinajstić information content (AvgIpc) is 2.73. The minimum Gasteiger partial charge on any atom is -0.496 e. The number of ether oxygens (including phenoxy) is 2. The van der Waals surface area contributed by atoms with Crippen LogP contribution in [-0.2, 0) is 11.3 Å². The maximum absolute atomic E-state index is 12.6. The first-order chi connectivity index (χ1) is 13.6. The van der Waals surface area contributed by atoms with Gasteiger partial charge in [0.1, 0.15) is 25.4 Å².